The molecule has 2 atom stereocenters. The molecule has 1 heterocycles. The number of carbonyl (C=O) groups is 2. The quantitative estimate of drug-likeness (QED) is 0.780. The van der Waals surface area contributed by atoms with E-state index in [1.807, 2.05) is 0 Å². The Morgan fingerprint density at radius 3 is 2.75 bits per heavy atom. The maximum atomic E-state index is 12.2. The zero-order valence-electron chi connectivity index (χ0n) is 11.9. The highest BCUT2D eigenvalue weighted by molar-refractivity contribution is 5.82. The molecule has 1 saturated heterocycles. The van der Waals surface area contributed by atoms with Crippen molar-refractivity contribution in [3.8, 4) is 0 Å². The van der Waals surface area contributed by atoms with Gasteiger partial charge in [0.2, 0.25) is 0 Å². The summed E-state index contributed by atoms with van der Waals surface area (Å²) >= 11 is 0. The third-order valence-corrected chi connectivity index (χ3v) is 4.22. The molecule has 112 valence electrons. The van der Waals surface area contributed by atoms with Gasteiger partial charge in [0.05, 0.1) is 0 Å². The lowest BCUT2D eigenvalue weighted by molar-refractivity contribution is -0.142. The molecule has 2 N–H and O–H groups in total. The molecule has 5 nitrogen and oxygen atoms in total. The summed E-state index contributed by atoms with van der Waals surface area (Å²) in [5.74, 6) is -0.401. The summed E-state index contributed by atoms with van der Waals surface area (Å²) in [6, 6.07) is -0.877. The van der Waals surface area contributed by atoms with Crippen molar-refractivity contribution in [3.63, 3.8) is 0 Å². The summed E-state index contributed by atoms with van der Waals surface area (Å²) in [7, 11) is 0. The molecule has 0 aromatic carbocycles. The van der Waals surface area contributed by atoms with E-state index in [9.17, 15) is 14.7 Å². The molecule has 0 radical (unpaired) electrons. The molecule has 2 unspecified atom stereocenters. The Morgan fingerprint density at radius 1 is 1.20 bits per heavy atom. The average molecular weight is 280 g/mol. The smallest absolute Gasteiger partial charge is 0.326 e. The Morgan fingerprint density at radius 2 is 2.05 bits per heavy atom. The molecule has 2 amide bonds. The van der Waals surface area contributed by atoms with Crippen molar-refractivity contribution >= 4 is 12.0 Å². The lowest BCUT2D eigenvalue weighted by atomic mass is 9.94. The van der Waals surface area contributed by atoms with Gasteiger partial charge in [-0.25, -0.2) is 9.59 Å². The van der Waals surface area contributed by atoms with E-state index in [4.69, 9.17) is 0 Å². The Kier molecular flexibility index (Phi) is 5.44. The first-order chi connectivity index (χ1) is 9.68. The first-order valence-corrected chi connectivity index (χ1v) is 7.60. The number of rotatable bonds is 3. The minimum atomic E-state index is -0.886. The fourth-order valence-corrected chi connectivity index (χ4v) is 2.98. The topological polar surface area (TPSA) is 69.6 Å². The second kappa shape index (κ2) is 7.31. The Hall–Kier alpha value is -1.52. The summed E-state index contributed by atoms with van der Waals surface area (Å²) in [5, 5.41) is 12.2. The maximum absolute atomic E-state index is 12.2. The van der Waals surface area contributed by atoms with Crippen LogP contribution in [0.1, 0.15) is 44.9 Å². The van der Waals surface area contributed by atoms with Crippen molar-refractivity contribution < 1.29 is 14.7 Å². The highest BCUT2D eigenvalue weighted by Gasteiger charge is 2.30. The van der Waals surface area contributed by atoms with Crippen molar-refractivity contribution in [2.45, 2.75) is 51.0 Å². The molecule has 20 heavy (non-hydrogen) atoms. The number of likely N-dealkylation sites (tertiary alicyclic amines) is 1. The number of amides is 2. The van der Waals surface area contributed by atoms with Crippen LogP contribution in [0.15, 0.2) is 12.2 Å². The lowest BCUT2D eigenvalue weighted by Crippen LogP contribution is -2.50. The number of carboxylic acids is 1. The zero-order chi connectivity index (χ0) is 14.4. The van der Waals surface area contributed by atoms with Gasteiger partial charge < -0.3 is 15.3 Å². The summed E-state index contributed by atoms with van der Waals surface area (Å²) in [6.07, 6.45) is 10.8. The summed E-state index contributed by atoms with van der Waals surface area (Å²) in [5.41, 5.74) is 0. The Bertz CT molecular complexity index is 381. The van der Waals surface area contributed by atoms with Crippen molar-refractivity contribution in [3.05, 3.63) is 12.2 Å². The second-order valence-corrected chi connectivity index (χ2v) is 5.73. The second-order valence-electron chi connectivity index (χ2n) is 5.73. The average Bonchev–Trinajstić information content (AvgIpc) is 2.71. The molecule has 0 aromatic heterocycles. The number of hydrogen-bond acceptors (Lipinski definition) is 2. The lowest BCUT2D eigenvalue weighted by Gasteiger charge is -2.28. The molecule has 0 bridgehead atoms. The van der Waals surface area contributed by atoms with Crippen molar-refractivity contribution in [1.29, 1.82) is 0 Å². The molecule has 1 fully saturated rings. The van der Waals surface area contributed by atoms with Gasteiger partial charge in [0.15, 0.2) is 0 Å². The van der Waals surface area contributed by atoms with E-state index in [-0.39, 0.29) is 6.03 Å². The predicted molar refractivity (Wildman–Crippen MR) is 76.5 cm³/mol. The fourth-order valence-electron chi connectivity index (χ4n) is 2.98. The summed E-state index contributed by atoms with van der Waals surface area (Å²) in [4.78, 5) is 25.0. The molecule has 5 heteroatoms. The number of aliphatic carboxylic acids is 1. The van der Waals surface area contributed by atoms with Gasteiger partial charge in [-0.05, 0) is 38.0 Å². The first-order valence-electron chi connectivity index (χ1n) is 7.60. The fraction of sp³-hybridized carbons (Fsp3) is 0.733. The van der Waals surface area contributed by atoms with Crippen LogP contribution in [0.5, 0.6) is 0 Å². The van der Waals surface area contributed by atoms with Crippen LogP contribution >= 0.6 is 0 Å². The van der Waals surface area contributed by atoms with Gasteiger partial charge >= 0.3 is 12.0 Å². The normalized spacial score (nSPS) is 26.9. The monoisotopic (exact) mass is 280 g/mol. The Labute approximate surface area is 120 Å². The van der Waals surface area contributed by atoms with Crippen LogP contribution < -0.4 is 5.32 Å². The minimum Gasteiger partial charge on any atom is -0.480 e. The number of nitrogens with one attached hydrogen (secondary N) is 1. The summed E-state index contributed by atoms with van der Waals surface area (Å²) in [6.45, 7) is 1.19. The molecular weight excluding hydrogens is 256 g/mol. The van der Waals surface area contributed by atoms with Crippen LogP contribution in [0, 0.1) is 5.92 Å². The van der Waals surface area contributed by atoms with Crippen molar-refractivity contribution in [2.75, 3.05) is 13.1 Å². The van der Waals surface area contributed by atoms with Crippen LogP contribution in [0.2, 0.25) is 0 Å². The van der Waals surface area contributed by atoms with Gasteiger partial charge in [-0.1, -0.05) is 25.0 Å². The minimum absolute atomic E-state index is 0.214. The molecule has 0 aromatic rings. The van der Waals surface area contributed by atoms with Crippen LogP contribution in [-0.2, 0) is 4.79 Å². The van der Waals surface area contributed by atoms with Crippen LogP contribution in [0.3, 0.4) is 0 Å². The van der Waals surface area contributed by atoms with Crippen LogP contribution in [-0.4, -0.2) is 41.1 Å². The molecule has 1 aliphatic heterocycles. The SMILES string of the molecule is O=C(O)C1CCCCCN1C(=O)NCC1CC=CCC1. The van der Waals surface area contributed by atoms with Gasteiger partial charge in [-0.3, -0.25) is 0 Å². The highest BCUT2D eigenvalue weighted by atomic mass is 16.4. The number of allylic oxidation sites excluding steroid dienone is 2. The standard InChI is InChI=1S/C15H24N2O3/c18-14(19)13-9-5-2-6-10-17(13)15(20)16-11-12-7-3-1-4-8-12/h1,3,12-13H,2,4-11H2,(H,16,20)(H,18,19). The van der Waals surface area contributed by atoms with Gasteiger partial charge in [0.25, 0.3) is 0 Å². The molecule has 0 spiro atoms. The molecular formula is C15H24N2O3. The third-order valence-electron chi connectivity index (χ3n) is 4.22. The number of nitrogens with zero attached hydrogens (tertiary/aromatic N) is 1. The zero-order valence-corrected chi connectivity index (χ0v) is 11.9. The Balaban J connectivity index is 1.87. The van der Waals surface area contributed by atoms with Crippen molar-refractivity contribution in [2.24, 2.45) is 5.92 Å². The van der Waals surface area contributed by atoms with Crippen molar-refractivity contribution in [1.82, 2.24) is 10.2 Å². The van der Waals surface area contributed by atoms with Gasteiger partial charge in [0.1, 0.15) is 6.04 Å². The van der Waals surface area contributed by atoms with E-state index in [0.717, 1.165) is 38.5 Å². The number of urea groups is 1. The van der Waals surface area contributed by atoms with E-state index in [1.165, 1.54) is 4.90 Å². The first kappa shape index (κ1) is 14.9. The largest absolute Gasteiger partial charge is 0.480 e. The third kappa shape index (κ3) is 3.99. The highest BCUT2D eigenvalue weighted by Crippen LogP contribution is 2.19. The van der Waals surface area contributed by atoms with E-state index in [2.05, 4.69) is 17.5 Å². The molecule has 2 aliphatic rings. The van der Waals surface area contributed by atoms with E-state index >= 15 is 0 Å². The van der Waals surface area contributed by atoms with E-state index < -0.39 is 12.0 Å². The predicted octanol–water partition coefficient (Wildman–Crippen LogP) is 2.38. The number of carbonyl (C=O) groups excluding carboxylic acids is 1. The van der Waals surface area contributed by atoms with E-state index in [0.29, 0.717) is 25.4 Å². The maximum Gasteiger partial charge on any atom is 0.326 e. The van der Waals surface area contributed by atoms with Crippen LogP contribution in [0.25, 0.3) is 0 Å². The van der Waals surface area contributed by atoms with Gasteiger partial charge in [-0.15, -0.1) is 0 Å². The number of hydrogen-bond donors (Lipinski definition) is 2. The number of carboxylic acid groups (broad SMARTS) is 1. The summed E-state index contributed by atoms with van der Waals surface area (Å²) < 4.78 is 0. The van der Waals surface area contributed by atoms with E-state index in [1.54, 1.807) is 0 Å². The molecule has 0 saturated carbocycles. The molecule has 1 aliphatic carbocycles. The van der Waals surface area contributed by atoms with Crippen LogP contribution in [0.4, 0.5) is 4.79 Å². The molecule has 2 rings (SSSR count). The van der Waals surface area contributed by atoms with Gasteiger partial charge in [0, 0.05) is 13.1 Å². The van der Waals surface area contributed by atoms with Gasteiger partial charge in [-0.2, -0.15) is 0 Å².